The second-order valence-electron chi connectivity index (χ2n) is 9.94. The molecule has 0 aliphatic carbocycles. The Morgan fingerprint density at radius 2 is 1.67 bits per heavy atom. The normalized spacial score (nSPS) is 12.2. The number of furan rings is 1. The molecule has 0 aliphatic rings. The van der Waals surface area contributed by atoms with Crippen LogP contribution in [0.3, 0.4) is 0 Å². The molecule has 0 radical (unpaired) electrons. The summed E-state index contributed by atoms with van der Waals surface area (Å²) < 4.78 is 11.3. The third kappa shape index (κ3) is 7.50. The van der Waals surface area contributed by atoms with E-state index in [1.807, 2.05) is 30.3 Å². The summed E-state index contributed by atoms with van der Waals surface area (Å²) in [7, 11) is 0. The number of amides is 1. The molecule has 3 aromatic rings. The van der Waals surface area contributed by atoms with E-state index in [1.165, 1.54) is 11.8 Å². The Labute approximate surface area is 200 Å². The third-order valence-corrected chi connectivity index (χ3v) is 5.37. The average molecular weight is 467 g/mol. The summed E-state index contributed by atoms with van der Waals surface area (Å²) in [6.45, 7) is 11.1. The van der Waals surface area contributed by atoms with Gasteiger partial charge >= 0.3 is 0 Å². The number of carbonyl (C=O) groups excluding carboxylic acids is 1. The van der Waals surface area contributed by atoms with E-state index in [-0.39, 0.29) is 23.3 Å². The summed E-state index contributed by atoms with van der Waals surface area (Å²) in [5, 5.41) is 4.60. The molecule has 1 aromatic heterocycles. The van der Waals surface area contributed by atoms with Gasteiger partial charge < -0.3 is 9.15 Å². The van der Waals surface area contributed by atoms with Crippen molar-refractivity contribution in [3.63, 3.8) is 0 Å². The number of hydrogen-bond donors (Lipinski definition) is 1. The molecule has 0 spiro atoms. The highest BCUT2D eigenvalue weighted by Crippen LogP contribution is 2.36. The van der Waals surface area contributed by atoms with Gasteiger partial charge in [0, 0.05) is 10.6 Å². The Morgan fingerprint density at radius 1 is 1.00 bits per heavy atom. The maximum absolute atomic E-state index is 12.1. The zero-order valence-corrected chi connectivity index (χ0v) is 20.6. The van der Waals surface area contributed by atoms with Crippen LogP contribution in [-0.4, -0.2) is 18.7 Å². The molecule has 0 aliphatic heterocycles. The van der Waals surface area contributed by atoms with E-state index in [9.17, 15) is 4.79 Å². The molecule has 5 nitrogen and oxygen atoms in total. The van der Waals surface area contributed by atoms with Crippen molar-refractivity contribution in [2.24, 2.45) is 10.5 Å². The van der Waals surface area contributed by atoms with Crippen molar-refractivity contribution in [1.82, 2.24) is 5.43 Å². The largest absolute Gasteiger partial charge is 0.484 e. The minimum atomic E-state index is -0.354. The first-order chi connectivity index (χ1) is 15.5. The van der Waals surface area contributed by atoms with Gasteiger partial charge in [0.25, 0.3) is 5.91 Å². The first-order valence-corrected chi connectivity index (χ1v) is 11.3. The van der Waals surface area contributed by atoms with Gasteiger partial charge in [-0.15, -0.1) is 0 Å². The van der Waals surface area contributed by atoms with Gasteiger partial charge in [-0.05, 0) is 71.3 Å². The summed E-state index contributed by atoms with van der Waals surface area (Å²) >= 11 is 5.91. The van der Waals surface area contributed by atoms with Crippen molar-refractivity contribution in [2.75, 3.05) is 6.61 Å². The molecule has 0 unspecified atom stereocenters. The quantitative estimate of drug-likeness (QED) is 0.292. The van der Waals surface area contributed by atoms with E-state index in [2.05, 4.69) is 57.3 Å². The van der Waals surface area contributed by atoms with Crippen LogP contribution in [0.25, 0.3) is 11.3 Å². The van der Waals surface area contributed by atoms with Crippen LogP contribution in [0.5, 0.6) is 5.75 Å². The molecule has 1 heterocycles. The monoisotopic (exact) mass is 466 g/mol. The number of benzene rings is 2. The van der Waals surface area contributed by atoms with Crippen molar-refractivity contribution in [3.8, 4) is 17.1 Å². The highest BCUT2D eigenvalue weighted by molar-refractivity contribution is 6.30. The molecular formula is C27H31ClN2O3. The molecule has 1 N–H and O–H groups in total. The molecular weight excluding hydrogens is 436 g/mol. The molecule has 1 amide bonds. The summed E-state index contributed by atoms with van der Waals surface area (Å²) in [5.74, 6) is 1.50. The minimum Gasteiger partial charge on any atom is -0.484 e. The number of carbonyl (C=O) groups is 1. The second-order valence-corrected chi connectivity index (χ2v) is 10.4. The van der Waals surface area contributed by atoms with Crippen molar-refractivity contribution >= 4 is 23.7 Å². The molecule has 3 rings (SSSR count). The van der Waals surface area contributed by atoms with Crippen LogP contribution in [0.2, 0.25) is 5.02 Å². The zero-order valence-electron chi connectivity index (χ0n) is 19.8. The Morgan fingerprint density at radius 3 is 2.30 bits per heavy atom. The smallest absolute Gasteiger partial charge is 0.277 e. The molecule has 0 atom stereocenters. The number of halogens is 1. The number of nitrogens with zero attached hydrogens (tertiary/aromatic N) is 1. The predicted molar refractivity (Wildman–Crippen MR) is 134 cm³/mol. The number of ether oxygens (including phenoxy) is 1. The zero-order chi connectivity index (χ0) is 24.1. The molecule has 2 aromatic carbocycles. The van der Waals surface area contributed by atoms with Gasteiger partial charge in [-0.3, -0.25) is 4.79 Å². The average Bonchev–Trinajstić information content (AvgIpc) is 3.20. The van der Waals surface area contributed by atoms with E-state index >= 15 is 0 Å². The van der Waals surface area contributed by atoms with E-state index < -0.39 is 0 Å². The summed E-state index contributed by atoms with van der Waals surface area (Å²) in [4.78, 5) is 12.1. The summed E-state index contributed by atoms with van der Waals surface area (Å²) in [6, 6.07) is 18.9. The molecule has 0 fully saturated rings. The maximum atomic E-state index is 12.1. The molecule has 174 valence electrons. The molecule has 0 bridgehead atoms. The number of hydrazone groups is 1. The Kier molecular flexibility index (Phi) is 7.65. The first kappa shape index (κ1) is 24.6. The second kappa shape index (κ2) is 10.3. The van der Waals surface area contributed by atoms with Crippen LogP contribution in [0.1, 0.15) is 52.4 Å². The Balaban J connectivity index is 1.48. The molecule has 6 heteroatoms. The fraction of sp³-hybridized carbons (Fsp3) is 0.333. The topological polar surface area (TPSA) is 63.8 Å². The Bertz CT molecular complexity index is 1090. The fourth-order valence-electron chi connectivity index (χ4n) is 3.97. The van der Waals surface area contributed by atoms with Crippen molar-refractivity contribution in [3.05, 3.63) is 77.0 Å². The minimum absolute atomic E-state index is 0.0577. The van der Waals surface area contributed by atoms with Gasteiger partial charge in [-0.2, -0.15) is 5.10 Å². The number of hydrogen-bond acceptors (Lipinski definition) is 4. The lowest BCUT2D eigenvalue weighted by atomic mass is 9.72. The molecule has 33 heavy (non-hydrogen) atoms. The maximum Gasteiger partial charge on any atom is 0.277 e. The third-order valence-electron chi connectivity index (χ3n) is 5.11. The Hall–Kier alpha value is -3.05. The predicted octanol–water partition coefficient (Wildman–Crippen LogP) is 6.84. The van der Waals surface area contributed by atoms with Gasteiger partial charge in [0.05, 0.1) is 6.21 Å². The van der Waals surface area contributed by atoms with Gasteiger partial charge in [0.2, 0.25) is 0 Å². The lowest BCUT2D eigenvalue weighted by Gasteiger charge is -2.33. The van der Waals surface area contributed by atoms with Crippen molar-refractivity contribution in [1.29, 1.82) is 0 Å². The van der Waals surface area contributed by atoms with Crippen LogP contribution in [-0.2, 0) is 10.2 Å². The number of nitrogens with one attached hydrogen (secondary N) is 1. The van der Waals surface area contributed by atoms with Crippen molar-refractivity contribution < 1.29 is 13.9 Å². The van der Waals surface area contributed by atoms with E-state index in [1.54, 1.807) is 18.2 Å². The van der Waals surface area contributed by atoms with Gasteiger partial charge in [0.15, 0.2) is 6.61 Å². The highest BCUT2D eigenvalue weighted by Gasteiger charge is 2.27. The van der Waals surface area contributed by atoms with Gasteiger partial charge in [-0.25, -0.2) is 5.43 Å². The lowest BCUT2D eigenvalue weighted by molar-refractivity contribution is -0.123. The van der Waals surface area contributed by atoms with Crippen LogP contribution in [0, 0.1) is 5.41 Å². The standard InChI is InChI=1S/C27H31ClN2O3/c1-26(2,3)18-27(4,5)20-8-12-22(13-9-20)32-17-25(31)30-29-16-23-14-15-24(33-23)19-6-10-21(28)11-7-19/h6-16H,17-18H2,1-5H3,(H,30,31)/b29-16+. The van der Waals surface area contributed by atoms with Crippen LogP contribution in [0.15, 0.2) is 70.2 Å². The van der Waals surface area contributed by atoms with Gasteiger partial charge in [0.1, 0.15) is 17.3 Å². The highest BCUT2D eigenvalue weighted by atomic mass is 35.5. The first-order valence-electron chi connectivity index (χ1n) is 10.9. The van der Waals surface area contributed by atoms with E-state index in [4.69, 9.17) is 20.8 Å². The van der Waals surface area contributed by atoms with Crippen LogP contribution in [0.4, 0.5) is 0 Å². The summed E-state index contributed by atoms with van der Waals surface area (Å²) in [5.41, 5.74) is 4.90. The van der Waals surface area contributed by atoms with Crippen LogP contribution < -0.4 is 10.2 Å². The summed E-state index contributed by atoms with van der Waals surface area (Å²) in [6.07, 6.45) is 2.51. The van der Waals surface area contributed by atoms with E-state index in [0.717, 1.165) is 12.0 Å². The molecule has 0 saturated carbocycles. The fourth-order valence-corrected chi connectivity index (χ4v) is 4.10. The van der Waals surface area contributed by atoms with Crippen LogP contribution >= 0.6 is 11.6 Å². The lowest BCUT2D eigenvalue weighted by Crippen LogP contribution is -2.25. The van der Waals surface area contributed by atoms with Gasteiger partial charge in [-0.1, -0.05) is 58.4 Å². The molecule has 0 saturated heterocycles. The SMILES string of the molecule is CC(C)(C)CC(C)(C)c1ccc(OCC(=O)N/N=C/c2ccc(-c3ccc(Cl)cc3)o2)cc1. The van der Waals surface area contributed by atoms with E-state index in [0.29, 0.717) is 22.3 Å². The number of rotatable bonds is 8. The van der Waals surface area contributed by atoms with Crippen molar-refractivity contribution in [2.45, 2.75) is 46.5 Å².